The maximum absolute atomic E-state index is 13.8. The molecule has 2 aromatic rings. The number of primary sulfonamides is 1. The van der Waals surface area contributed by atoms with Gasteiger partial charge in [-0.3, -0.25) is 9.52 Å². The van der Waals surface area contributed by atoms with Crippen LogP contribution in [0.3, 0.4) is 0 Å². The average molecular weight is 704 g/mol. The van der Waals surface area contributed by atoms with E-state index in [1.54, 1.807) is 6.07 Å². The number of nitrogens with two attached hydrogens (primary N) is 1. The number of anilines is 1. The first kappa shape index (κ1) is 34.3. The molecule has 1 fully saturated rings. The quantitative estimate of drug-likeness (QED) is 0.344. The van der Waals surface area contributed by atoms with Gasteiger partial charge in [0.25, 0.3) is 5.91 Å². The molecule has 1 amide bonds. The molecule has 7 atom stereocenters. The molecule has 2 aliphatic heterocycles. The van der Waals surface area contributed by atoms with E-state index in [0.717, 1.165) is 42.8 Å². The van der Waals surface area contributed by atoms with E-state index < -0.39 is 30.9 Å². The van der Waals surface area contributed by atoms with Crippen molar-refractivity contribution in [2.75, 3.05) is 37.0 Å². The van der Waals surface area contributed by atoms with Gasteiger partial charge in [-0.15, -0.1) is 0 Å². The van der Waals surface area contributed by atoms with Gasteiger partial charge in [-0.2, -0.15) is 0 Å². The van der Waals surface area contributed by atoms with Crippen molar-refractivity contribution in [3.05, 3.63) is 70.3 Å². The Morgan fingerprint density at radius 3 is 2.77 bits per heavy atom. The smallest absolute Gasteiger partial charge is 0.262 e. The Balaban J connectivity index is 1.40. The Kier molecular flexibility index (Phi) is 9.77. The fourth-order valence-corrected chi connectivity index (χ4v) is 9.72. The van der Waals surface area contributed by atoms with Crippen LogP contribution in [0, 0.1) is 17.8 Å². The van der Waals surface area contributed by atoms with Crippen LogP contribution in [-0.2, 0) is 36.3 Å². The van der Waals surface area contributed by atoms with Crippen LogP contribution in [0.15, 0.2) is 48.6 Å². The van der Waals surface area contributed by atoms with Crippen LogP contribution in [0.25, 0.3) is 0 Å². The van der Waals surface area contributed by atoms with Gasteiger partial charge < -0.3 is 14.4 Å². The minimum absolute atomic E-state index is 0.00789. The third-order valence-corrected chi connectivity index (χ3v) is 14.0. The van der Waals surface area contributed by atoms with Crippen LogP contribution in [0.2, 0.25) is 5.02 Å². The lowest BCUT2D eigenvalue weighted by Gasteiger charge is -2.46. The van der Waals surface area contributed by atoms with E-state index in [1.165, 1.54) is 11.1 Å². The Morgan fingerprint density at radius 2 is 2.02 bits per heavy atom. The predicted octanol–water partition coefficient (Wildman–Crippen LogP) is 4.86. The molecule has 2 aliphatic carbocycles. The maximum atomic E-state index is 13.8. The topological polar surface area (TPSA) is 128 Å². The molecule has 2 bridgehead atoms. The summed E-state index contributed by atoms with van der Waals surface area (Å²) in [5, 5.41) is 5.62. The van der Waals surface area contributed by atoms with Crippen molar-refractivity contribution in [2.45, 2.75) is 69.1 Å². The van der Waals surface area contributed by atoms with Crippen molar-refractivity contribution in [3.63, 3.8) is 0 Å². The fraction of sp³-hybridized carbons (Fsp3) is 0.543. The van der Waals surface area contributed by atoms with Gasteiger partial charge in [-0.25, -0.2) is 17.8 Å². The van der Waals surface area contributed by atoms with Gasteiger partial charge >= 0.3 is 0 Å². The largest absolute Gasteiger partial charge is 0.490 e. The number of amides is 1. The number of allylic oxidation sites excluding steroid dienone is 1. The molecule has 256 valence electrons. The summed E-state index contributed by atoms with van der Waals surface area (Å²) >= 11 is 6.43. The number of carbonyl (C=O) groups is 1. The molecule has 1 saturated carbocycles. The van der Waals surface area contributed by atoms with E-state index in [-0.39, 0.29) is 41.6 Å². The lowest BCUT2D eigenvalue weighted by atomic mass is 9.68. The normalized spacial score (nSPS) is 33.4. The Hall–Kier alpha value is -2.57. The molecule has 2 aromatic carbocycles. The summed E-state index contributed by atoms with van der Waals surface area (Å²) in [6.45, 7) is 5.74. The number of rotatable bonds is 4. The highest BCUT2D eigenvalue weighted by Crippen LogP contribution is 2.47. The van der Waals surface area contributed by atoms with Crippen LogP contribution >= 0.6 is 11.6 Å². The minimum atomic E-state index is -3.67. The summed E-state index contributed by atoms with van der Waals surface area (Å²) in [5.74, 6) is 4.36. The second kappa shape index (κ2) is 13.4. The van der Waals surface area contributed by atoms with Crippen molar-refractivity contribution in [1.29, 1.82) is 0 Å². The molecule has 0 aromatic heterocycles. The number of aryl methyl sites for hydroxylation is 1. The molecular formula is C35H46ClN3O6S2. The first-order chi connectivity index (χ1) is 22.2. The number of carbonyl (C=O) groups excluding carboxylic acids is 1. The standard InChI is InChI=1S/C35H46ClN3O6S2/c1-23-6-4-8-32(44-16-17-47(37,42)43)29-12-9-27(29)20-39-21-35(15-5-7-25-18-28(36)11-13-30(25)35)22-45-33-14-10-26(19-31(33)39)34(40)38-46(3,41)24(23)2/h4,8,10-11,13-14,18-19,23-24,27,29,32H,3,5-7,9,12,15-17,20-22H2,1-2H3,(H2,37,42,43)(H,38,40,41)/b8-4+/t23-,24+,27-,29+,32-,35-,46?/m0/s1. The molecule has 1 spiro atoms. The Morgan fingerprint density at radius 1 is 1.21 bits per heavy atom. The van der Waals surface area contributed by atoms with E-state index in [1.807, 2.05) is 44.2 Å². The van der Waals surface area contributed by atoms with Gasteiger partial charge in [0.1, 0.15) is 5.75 Å². The van der Waals surface area contributed by atoms with E-state index in [2.05, 4.69) is 27.6 Å². The van der Waals surface area contributed by atoms with E-state index in [4.69, 9.17) is 26.2 Å². The van der Waals surface area contributed by atoms with Crippen molar-refractivity contribution < 1.29 is 26.9 Å². The van der Waals surface area contributed by atoms with Gasteiger partial charge in [-0.05, 0) is 111 Å². The molecule has 3 N–H and O–H groups in total. The molecular weight excluding hydrogens is 658 g/mol. The van der Waals surface area contributed by atoms with Gasteiger partial charge in [0.15, 0.2) is 0 Å². The number of sulfonamides is 1. The highest BCUT2D eigenvalue weighted by Gasteiger charge is 2.44. The van der Waals surface area contributed by atoms with Crippen LogP contribution < -0.4 is 19.5 Å². The van der Waals surface area contributed by atoms with E-state index in [0.29, 0.717) is 37.4 Å². The first-order valence-electron chi connectivity index (χ1n) is 16.5. The molecule has 12 heteroatoms. The maximum Gasteiger partial charge on any atom is 0.262 e. The van der Waals surface area contributed by atoms with Gasteiger partial charge in [-0.1, -0.05) is 36.7 Å². The van der Waals surface area contributed by atoms with E-state index in [9.17, 15) is 17.4 Å². The molecule has 2 heterocycles. The molecule has 9 nitrogen and oxygen atoms in total. The van der Waals surface area contributed by atoms with Crippen molar-refractivity contribution in [3.8, 4) is 5.75 Å². The van der Waals surface area contributed by atoms with Crippen LogP contribution in [-0.4, -0.2) is 67.8 Å². The summed E-state index contributed by atoms with van der Waals surface area (Å²) in [6.07, 6.45) is 9.23. The first-order valence-corrected chi connectivity index (χ1v) is 20.4. The zero-order chi connectivity index (χ0) is 33.6. The second-order valence-electron chi connectivity index (χ2n) is 14.0. The lowest BCUT2D eigenvalue weighted by Crippen LogP contribution is -2.49. The number of hydrogen-bond donors (Lipinski definition) is 2. The van der Waals surface area contributed by atoms with Crippen molar-refractivity contribution in [1.82, 2.24) is 4.72 Å². The summed E-state index contributed by atoms with van der Waals surface area (Å²) in [6, 6.07) is 11.6. The fourth-order valence-electron chi connectivity index (χ4n) is 7.72. The van der Waals surface area contributed by atoms with Gasteiger partial charge in [0.05, 0.1) is 40.5 Å². The monoisotopic (exact) mass is 703 g/mol. The Labute approximate surface area is 284 Å². The number of benzene rings is 2. The van der Waals surface area contributed by atoms with Crippen LogP contribution in [0.5, 0.6) is 5.75 Å². The third kappa shape index (κ3) is 7.39. The number of hydrogen-bond acceptors (Lipinski definition) is 7. The minimum Gasteiger partial charge on any atom is -0.490 e. The molecule has 4 aliphatic rings. The number of nitrogens with one attached hydrogen (secondary N) is 1. The van der Waals surface area contributed by atoms with Gasteiger partial charge in [0.2, 0.25) is 10.0 Å². The summed E-state index contributed by atoms with van der Waals surface area (Å²) in [7, 11) is -6.66. The summed E-state index contributed by atoms with van der Waals surface area (Å²) in [4.78, 5) is 16.0. The molecule has 1 unspecified atom stereocenters. The summed E-state index contributed by atoms with van der Waals surface area (Å²) < 4.78 is 52.8. The third-order valence-electron chi connectivity index (χ3n) is 10.8. The zero-order valence-electron chi connectivity index (χ0n) is 27.2. The highest BCUT2D eigenvalue weighted by molar-refractivity contribution is 7.99. The molecule has 6 rings (SSSR count). The number of ether oxygens (including phenoxy) is 2. The Bertz CT molecular complexity index is 1760. The van der Waals surface area contributed by atoms with Crippen molar-refractivity contribution in [2.24, 2.45) is 22.9 Å². The highest BCUT2D eigenvalue weighted by atomic mass is 35.5. The number of halogens is 1. The number of nitrogens with zero attached hydrogens (tertiary/aromatic N) is 1. The second-order valence-corrected chi connectivity index (χ2v) is 18.6. The summed E-state index contributed by atoms with van der Waals surface area (Å²) in [5.41, 5.74) is 3.45. The predicted molar refractivity (Wildman–Crippen MR) is 189 cm³/mol. The van der Waals surface area contributed by atoms with Crippen molar-refractivity contribution >= 4 is 48.8 Å². The zero-order valence-corrected chi connectivity index (χ0v) is 29.5. The van der Waals surface area contributed by atoms with Crippen LogP contribution in [0.1, 0.15) is 67.4 Å². The molecule has 0 radical (unpaired) electrons. The van der Waals surface area contributed by atoms with Crippen LogP contribution in [0.4, 0.5) is 5.69 Å². The lowest BCUT2D eigenvalue weighted by molar-refractivity contribution is -0.00789. The molecule has 47 heavy (non-hydrogen) atoms. The molecule has 0 saturated heterocycles. The van der Waals surface area contributed by atoms with Gasteiger partial charge in [0, 0.05) is 34.3 Å². The van der Waals surface area contributed by atoms with E-state index >= 15 is 0 Å². The SMILES string of the molecule is C=S1(=O)NC(=O)c2ccc3c(c2)N(C[C@@H]2CC[C@H]2[C@@H](OCCS(N)(=O)=O)/C=C/C[C@H](C)[C@H]1C)C[C@@]1(CCCc2cc(Cl)ccc21)CO3. The average Bonchev–Trinajstić information content (AvgIpc) is 3.14. The number of fused-ring (bicyclic) bond motifs is 4.